The fourth-order valence-corrected chi connectivity index (χ4v) is 3.46. The summed E-state index contributed by atoms with van der Waals surface area (Å²) in [6.07, 6.45) is 0. The van der Waals surface area contributed by atoms with Gasteiger partial charge in [-0.1, -0.05) is 12.1 Å². The normalized spacial score (nSPS) is 13.4. The summed E-state index contributed by atoms with van der Waals surface area (Å²) in [7, 11) is -3.97. The number of rotatable bonds is 4. The van der Waals surface area contributed by atoms with Crippen LogP contribution in [0.3, 0.4) is 0 Å². The van der Waals surface area contributed by atoms with Crippen molar-refractivity contribution < 1.29 is 27.8 Å². The Labute approximate surface area is 138 Å². The van der Waals surface area contributed by atoms with E-state index < -0.39 is 16.0 Å². The van der Waals surface area contributed by atoms with Gasteiger partial charge in [0.15, 0.2) is 11.5 Å². The highest BCUT2D eigenvalue weighted by atomic mass is 32.2. The summed E-state index contributed by atoms with van der Waals surface area (Å²) < 4.78 is 38.2. The van der Waals surface area contributed by atoms with Gasteiger partial charge < -0.3 is 14.6 Å². The first kappa shape index (κ1) is 16.1. The average Bonchev–Trinajstić information content (AvgIpc) is 2.53. The van der Waals surface area contributed by atoms with Crippen LogP contribution in [0.2, 0.25) is 0 Å². The minimum Gasteiger partial charge on any atom is -0.486 e. The van der Waals surface area contributed by atoms with Gasteiger partial charge in [-0.2, -0.15) is 0 Å². The topological polar surface area (TPSA) is 102 Å². The number of anilines is 1. The number of aromatic carboxylic acids is 1. The molecule has 0 aliphatic carbocycles. The van der Waals surface area contributed by atoms with Crippen LogP contribution in [0.1, 0.15) is 15.9 Å². The molecule has 126 valence electrons. The summed E-state index contributed by atoms with van der Waals surface area (Å²) in [5.41, 5.74) is 1.03. The van der Waals surface area contributed by atoms with Gasteiger partial charge in [-0.05, 0) is 30.7 Å². The molecule has 2 aromatic carbocycles. The maximum absolute atomic E-state index is 12.6. The van der Waals surface area contributed by atoms with E-state index >= 15 is 0 Å². The Hall–Kier alpha value is -2.74. The van der Waals surface area contributed by atoms with Crippen molar-refractivity contribution in [2.45, 2.75) is 11.8 Å². The molecule has 0 unspecified atom stereocenters. The zero-order chi connectivity index (χ0) is 17.3. The molecular formula is C16H15NO6S. The summed E-state index contributed by atoms with van der Waals surface area (Å²) in [4.78, 5) is 11.2. The number of ether oxygens (including phenoxy) is 2. The van der Waals surface area contributed by atoms with E-state index in [1.165, 1.54) is 6.07 Å². The molecular weight excluding hydrogens is 334 g/mol. The van der Waals surface area contributed by atoms with Crippen LogP contribution in [0.5, 0.6) is 11.5 Å². The molecule has 0 spiro atoms. The lowest BCUT2D eigenvalue weighted by molar-refractivity contribution is 0.0685. The second-order valence-corrected chi connectivity index (χ2v) is 6.96. The lowest BCUT2D eigenvalue weighted by atomic mass is 10.2. The Morgan fingerprint density at radius 1 is 1.17 bits per heavy atom. The number of hydrogen-bond acceptors (Lipinski definition) is 5. The molecule has 1 aliphatic rings. The number of carbonyl (C=O) groups is 1. The number of fused-ring (bicyclic) bond motifs is 1. The van der Waals surface area contributed by atoms with Crippen molar-refractivity contribution in [1.29, 1.82) is 0 Å². The van der Waals surface area contributed by atoms with E-state index in [9.17, 15) is 18.3 Å². The quantitative estimate of drug-likeness (QED) is 0.878. The van der Waals surface area contributed by atoms with E-state index in [1.807, 2.05) is 13.0 Å². The van der Waals surface area contributed by atoms with Gasteiger partial charge in [0.25, 0.3) is 10.0 Å². The van der Waals surface area contributed by atoms with E-state index in [0.29, 0.717) is 5.69 Å². The Bertz CT molecular complexity index is 907. The number of benzene rings is 2. The van der Waals surface area contributed by atoms with Gasteiger partial charge in [0.2, 0.25) is 0 Å². The minimum atomic E-state index is -3.97. The van der Waals surface area contributed by atoms with Gasteiger partial charge in [0.05, 0.1) is 4.90 Å². The molecule has 7 nitrogen and oxygen atoms in total. The average molecular weight is 349 g/mol. The van der Waals surface area contributed by atoms with Gasteiger partial charge in [-0.3, -0.25) is 4.72 Å². The molecule has 1 aliphatic heterocycles. The van der Waals surface area contributed by atoms with Crippen molar-refractivity contribution >= 4 is 21.7 Å². The third-order valence-corrected chi connectivity index (χ3v) is 4.79. The van der Waals surface area contributed by atoms with Crippen LogP contribution in [0.4, 0.5) is 5.69 Å². The third-order valence-electron chi connectivity index (χ3n) is 3.43. The van der Waals surface area contributed by atoms with Crippen molar-refractivity contribution in [3.63, 3.8) is 0 Å². The van der Waals surface area contributed by atoms with E-state index in [-0.39, 0.29) is 35.2 Å². The molecule has 2 N–H and O–H groups in total. The highest BCUT2D eigenvalue weighted by molar-refractivity contribution is 7.92. The van der Waals surface area contributed by atoms with Gasteiger partial charge in [-0.15, -0.1) is 0 Å². The molecule has 0 saturated carbocycles. The molecule has 1 heterocycles. The molecule has 0 aromatic heterocycles. The smallest absolute Gasteiger partial charge is 0.339 e. The number of sulfonamides is 1. The number of nitrogens with one attached hydrogen (secondary N) is 1. The molecule has 0 radical (unpaired) electrons. The first-order chi connectivity index (χ1) is 11.4. The Kier molecular flexibility index (Phi) is 4.06. The number of carboxylic acid groups (broad SMARTS) is 1. The fraction of sp³-hybridized carbons (Fsp3) is 0.188. The van der Waals surface area contributed by atoms with Crippen LogP contribution in [0.25, 0.3) is 0 Å². The Morgan fingerprint density at radius 2 is 1.92 bits per heavy atom. The first-order valence-electron chi connectivity index (χ1n) is 7.13. The van der Waals surface area contributed by atoms with Crippen molar-refractivity contribution in [2.75, 3.05) is 17.9 Å². The SMILES string of the molecule is Cc1cccc(NS(=O)(=O)c2cc3c(c(C(=O)O)c2)OCCO3)c1. The summed E-state index contributed by atoms with van der Waals surface area (Å²) in [5, 5.41) is 9.31. The maximum atomic E-state index is 12.6. The zero-order valence-electron chi connectivity index (χ0n) is 12.8. The molecule has 3 rings (SSSR count). The molecule has 2 aromatic rings. The largest absolute Gasteiger partial charge is 0.486 e. The zero-order valence-corrected chi connectivity index (χ0v) is 13.6. The lowest BCUT2D eigenvalue weighted by Gasteiger charge is -2.21. The predicted molar refractivity (Wildman–Crippen MR) is 86.4 cm³/mol. The number of aryl methyl sites for hydroxylation is 1. The van der Waals surface area contributed by atoms with Crippen LogP contribution in [0, 0.1) is 6.92 Å². The van der Waals surface area contributed by atoms with E-state index in [1.54, 1.807) is 18.2 Å². The van der Waals surface area contributed by atoms with E-state index in [0.717, 1.165) is 11.6 Å². The number of carboxylic acids is 1. The van der Waals surface area contributed by atoms with Gasteiger partial charge >= 0.3 is 5.97 Å². The molecule has 0 fully saturated rings. The van der Waals surface area contributed by atoms with Gasteiger partial charge in [-0.25, -0.2) is 13.2 Å². The van der Waals surface area contributed by atoms with Crippen molar-refractivity contribution in [2.24, 2.45) is 0 Å². The van der Waals surface area contributed by atoms with Crippen LogP contribution in [-0.2, 0) is 10.0 Å². The van der Waals surface area contributed by atoms with Crippen molar-refractivity contribution in [1.82, 2.24) is 0 Å². The van der Waals surface area contributed by atoms with Gasteiger partial charge in [0, 0.05) is 11.8 Å². The van der Waals surface area contributed by atoms with Crippen LogP contribution in [0.15, 0.2) is 41.3 Å². The second kappa shape index (κ2) is 6.04. The third kappa shape index (κ3) is 3.13. The number of hydrogen-bond donors (Lipinski definition) is 2. The molecule has 0 bridgehead atoms. The Balaban J connectivity index is 2.04. The summed E-state index contributed by atoms with van der Waals surface area (Å²) in [5.74, 6) is -1.14. The van der Waals surface area contributed by atoms with E-state index in [2.05, 4.69) is 4.72 Å². The first-order valence-corrected chi connectivity index (χ1v) is 8.61. The van der Waals surface area contributed by atoms with Gasteiger partial charge in [0.1, 0.15) is 18.8 Å². The lowest BCUT2D eigenvalue weighted by Crippen LogP contribution is -2.20. The minimum absolute atomic E-state index is 0.0447. The highest BCUT2D eigenvalue weighted by Crippen LogP contribution is 2.37. The monoisotopic (exact) mass is 349 g/mol. The Morgan fingerprint density at radius 3 is 2.62 bits per heavy atom. The fourth-order valence-electron chi connectivity index (χ4n) is 2.37. The molecule has 0 amide bonds. The van der Waals surface area contributed by atoms with Crippen LogP contribution in [-0.4, -0.2) is 32.7 Å². The van der Waals surface area contributed by atoms with Crippen molar-refractivity contribution in [3.05, 3.63) is 47.5 Å². The maximum Gasteiger partial charge on any atom is 0.339 e. The molecule has 0 atom stereocenters. The summed E-state index contributed by atoms with van der Waals surface area (Å²) in [6, 6.07) is 9.17. The predicted octanol–water partition coefficient (Wildman–Crippen LogP) is 2.27. The standard InChI is InChI=1S/C16H15NO6S/c1-10-3-2-4-11(7-10)17-24(20,21)12-8-13(16(18)19)15-14(9-12)22-5-6-23-15/h2-4,7-9,17H,5-6H2,1H3,(H,18,19). The molecule has 0 saturated heterocycles. The highest BCUT2D eigenvalue weighted by Gasteiger charge is 2.26. The summed E-state index contributed by atoms with van der Waals surface area (Å²) in [6.45, 7) is 2.27. The second-order valence-electron chi connectivity index (χ2n) is 5.28. The van der Waals surface area contributed by atoms with Crippen LogP contribution < -0.4 is 14.2 Å². The van der Waals surface area contributed by atoms with Crippen LogP contribution >= 0.6 is 0 Å². The molecule has 24 heavy (non-hydrogen) atoms. The molecule has 8 heteroatoms. The summed E-state index contributed by atoms with van der Waals surface area (Å²) >= 11 is 0. The van der Waals surface area contributed by atoms with Crippen molar-refractivity contribution in [3.8, 4) is 11.5 Å². The van der Waals surface area contributed by atoms with E-state index in [4.69, 9.17) is 9.47 Å².